The smallest absolute Gasteiger partial charge is 0.259 e. The predicted molar refractivity (Wildman–Crippen MR) is 120 cm³/mol. The van der Waals surface area contributed by atoms with Crippen molar-refractivity contribution in [3.05, 3.63) is 59.7 Å². The molecule has 1 aliphatic heterocycles. The van der Waals surface area contributed by atoms with Crippen LogP contribution in [0.5, 0.6) is 0 Å². The molecule has 0 radical (unpaired) electrons. The Kier molecular flexibility index (Phi) is 6.50. The molecule has 0 spiro atoms. The molecule has 1 fully saturated rings. The number of aromatic nitrogens is 3. The molecule has 2 aromatic heterocycles. The summed E-state index contributed by atoms with van der Waals surface area (Å²) in [6, 6.07) is 14.4. The van der Waals surface area contributed by atoms with Crippen LogP contribution in [0.2, 0.25) is 0 Å². The molecule has 3 aromatic rings. The van der Waals surface area contributed by atoms with Gasteiger partial charge < -0.3 is 10.2 Å². The molecule has 1 aromatic carbocycles. The standard InChI is InChI=1S/C21H25N7OS/c1-16(14-27-9-11-28(12-10-27)18-5-3-2-4-6-18)24-19-8-7-17(13-22-19)20(29)25-21-26-23-15-30-21/h2-8,13,15-16H,9-12,14H2,1H3,(H,22,24)(H,25,26,29). The Morgan fingerprint density at radius 1 is 1.13 bits per heavy atom. The van der Waals surface area contributed by atoms with Crippen LogP contribution in [0.1, 0.15) is 17.3 Å². The molecular weight excluding hydrogens is 398 g/mol. The second-order valence-corrected chi connectivity index (χ2v) is 8.13. The number of benzene rings is 1. The number of amides is 1. The van der Waals surface area contributed by atoms with Crippen molar-refractivity contribution in [1.82, 2.24) is 20.1 Å². The van der Waals surface area contributed by atoms with Gasteiger partial charge in [0.15, 0.2) is 0 Å². The van der Waals surface area contributed by atoms with Gasteiger partial charge in [0.05, 0.1) is 5.56 Å². The Balaban J connectivity index is 1.23. The van der Waals surface area contributed by atoms with Gasteiger partial charge in [-0.05, 0) is 31.2 Å². The number of hydrogen-bond acceptors (Lipinski definition) is 8. The van der Waals surface area contributed by atoms with Gasteiger partial charge in [-0.25, -0.2) is 4.98 Å². The van der Waals surface area contributed by atoms with Crippen molar-refractivity contribution in [2.45, 2.75) is 13.0 Å². The van der Waals surface area contributed by atoms with Crippen LogP contribution in [0.25, 0.3) is 0 Å². The summed E-state index contributed by atoms with van der Waals surface area (Å²) >= 11 is 1.28. The first kappa shape index (κ1) is 20.2. The fourth-order valence-electron chi connectivity index (χ4n) is 3.52. The van der Waals surface area contributed by atoms with Crippen LogP contribution in [-0.2, 0) is 0 Å². The number of rotatable bonds is 7. The maximum absolute atomic E-state index is 12.2. The molecule has 0 aliphatic carbocycles. The lowest BCUT2D eigenvalue weighted by Gasteiger charge is -2.37. The van der Waals surface area contributed by atoms with Crippen LogP contribution in [-0.4, -0.2) is 64.8 Å². The average Bonchev–Trinajstić information content (AvgIpc) is 3.28. The first-order valence-electron chi connectivity index (χ1n) is 10.00. The van der Waals surface area contributed by atoms with Gasteiger partial charge in [-0.2, -0.15) is 0 Å². The minimum absolute atomic E-state index is 0.241. The topological polar surface area (TPSA) is 86.3 Å². The Morgan fingerprint density at radius 3 is 2.60 bits per heavy atom. The van der Waals surface area contributed by atoms with Crippen LogP contribution in [0.4, 0.5) is 16.6 Å². The minimum atomic E-state index is -0.241. The summed E-state index contributed by atoms with van der Waals surface area (Å²) < 4.78 is 0. The van der Waals surface area contributed by atoms with Crippen LogP contribution >= 0.6 is 11.3 Å². The number of carbonyl (C=O) groups excluding carboxylic acids is 1. The Morgan fingerprint density at radius 2 is 1.93 bits per heavy atom. The number of carbonyl (C=O) groups is 1. The second-order valence-electron chi connectivity index (χ2n) is 7.30. The first-order valence-corrected chi connectivity index (χ1v) is 10.9. The number of hydrogen-bond donors (Lipinski definition) is 2. The summed E-state index contributed by atoms with van der Waals surface area (Å²) in [6.07, 6.45) is 1.57. The zero-order chi connectivity index (χ0) is 20.8. The summed E-state index contributed by atoms with van der Waals surface area (Å²) in [6.45, 7) is 7.25. The van der Waals surface area contributed by atoms with Crippen LogP contribution < -0.4 is 15.5 Å². The zero-order valence-electron chi connectivity index (χ0n) is 16.9. The molecule has 4 rings (SSSR count). The summed E-state index contributed by atoms with van der Waals surface area (Å²) in [4.78, 5) is 21.5. The highest BCUT2D eigenvalue weighted by Crippen LogP contribution is 2.16. The number of para-hydroxylation sites is 1. The minimum Gasteiger partial charge on any atom is -0.369 e. The molecule has 1 aliphatic rings. The van der Waals surface area contributed by atoms with E-state index >= 15 is 0 Å². The number of pyridine rings is 1. The van der Waals surface area contributed by atoms with Gasteiger partial charge in [0.1, 0.15) is 11.3 Å². The van der Waals surface area contributed by atoms with Crippen molar-refractivity contribution in [3.63, 3.8) is 0 Å². The summed E-state index contributed by atoms with van der Waals surface area (Å²) in [5.74, 6) is 0.521. The fraction of sp³-hybridized carbons (Fsp3) is 0.333. The largest absolute Gasteiger partial charge is 0.369 e. The van der Waals surface area contributed by atoms with Gasteiger partial charge in [0.25, 0.3) is 5.91 Å². The van der Waals surface area contributed by atoms with Crippen molar-refractivity contribution >= 4 is 33.9 Å². The van der Waals surface area contributed by atoms with E-state index in [9.17, 15) is 4.79 Å². The van der Waals surface area contributed by atoms with Gasteiger partial charge in [0.2, 0.25) is 5.13 Å². The summed E-state index contributed by atoms with van der Waals surface area (Å²) in [5.41, 5.74) is 3.35. The lowest BCUT2D eigenvalue weighted by molar-refractivity contribution is 0.102. The Bertz CT molecular complexity index is 926. The third-order valence-electron chi connectivity index (χ3n) is 5.03. The summed E-state index contributed by atoms with van der Waals surface area (Å²) in [5, 5.41) is 14.1. The van der Waals surface area contributed by atoms with E-state index in [-0.39, 0.29) is 11.9 Å². The number of anilines is 3. The lowest BCUT2D eigenvalue weighted by Crippen LogP contribution is -2.49. The van der Waals surface area contributed by atoms with Gasteiger partial charge in [0, 0.05) is 50.6 Å². The third kappa shape index (κ3) is 5.31. The predicted octanol–water partition coefficient (Wildman–Crippen LogP) is 2.81. The highest BCUT2D eigenvalue weighted by molar-refractivity contribution is 7.13. The maximum Gasteiger partial charge on any atom is 0.259 e. The highest BCUT2D eigenvalue weighted by Gasteiger charge is 2.19. The zero-order valence-corrected chi connectivity index (χ0v) is 17.7. The van der Waals surface area contributed by atoms with Crippen LogP contribution in [0.15, 0.2) is 54.2 Å². The van der Waals surface area contributed by atoms with E-state index in [0.717, 1.165) is 38.5 Å². The Hall–Kier alpha value is -3.04. The van der Waals surface area contributed by atoms with E-state index < -0.39 is 0 Å². The normalized spacial score (nSPS) is 15.6. The number of piperazine rings is 1. The van der Waals surface area contributed by atoms with Crippen molar-refractivity contribution in [2.24, 2.45) is 0 Å². The molecule has 2 N–H and O–H groups in total. The number of nitrogens with zero attached hydrogens (tertiary/aromatic N) is 5. The van der Waals surface area contributed by atoms with Crippen molar-refractivity contribution < 1.29 is 4.79 Å². The first-order chi connectivity index (χ1) is 14.7. The molecule has 1 atom stereocenters. The third-order valence-corrected chi connectivity index (χ3v) is 5.63. The molecule has 1 unspecified atom stereocenters. The van der Waals surface area contributed by atoms with E-state index in [0.29, 0.717) is 10.7 Å². The SMILES string of the molecule is CC(CN1CCN(c2ccccc2)CC1)Nc1ccc(C(=O)Nc2nncs2)cn1. The molecule has 30 heavy (non-hydrogen) atoms. The Labute approximate surface area is 180 Å². The van der Waals surface area contributed by atoms with E-state index in [2.05, 4.69) is 72.9 Å². The fourth-order valence-corrected chi connectivity index (χ4v) is 3.96. The van der Waals surface area contributed by atoms with Gasteiger partial charge in [-0.15, -0.1) is 10.2 Å². The molecule has 9 heteroatoms. The quantitative estimate of drug-likeness (QED) is 0.604. The molecular formula is C21H25N7OS. The average molecular weight is 424 g/mol. The maximum atomic E-state index is 12.2. The van der Waals surface area contributed by atoms with E-state index in [1.165, 1.54) is 17.0 Å². The molecule has 1 amide bonds. The van der Waals surface area contributed by atoms with Crippen molar-refractivity contribution in [2.75, 3.05) is 48.3 Å². The lowest BCUT2D eigenvalue weighted by atomic mass is 10.2. The second kappa shape index (κ2) is 9.64. The van der Waals surface area contributed by atoms with E-state index in [1.54, 1.807) is 17.8 Å². The van der Waals surface area contributed by atoms with Crippen molar-refractivity contribution in [3.8, 4) is 0 Å². The molecule has 1 saturated heterocycles. The van der Waals surface area contributed by atoms with Gasteiger partial charge >= 0.3 is 0 Å². The van der Waals surface area contributed by atoms with E-state index in [1.807, 2.05) is 6.07 Å². The van der Waals surface area contributed by atoms with Gasteiger partial charge in [-0.1, -0.05) is 29.5 Å². The van der Waals surface area contributed by atoms with E-state index in [4.69, 9.17) is 0 Å². The van der Waals surface area contributed by atoms with Gasteiger partial charge in [-0.3, -0.25) is 15.0 Å². The molecule has 0 bridgehead atoms. The molecule has 8 nitrogen and oxygen atoms in total. The van der Waals surface area contributed by atoms with Crippen molar-refractivity contribution in [1.29, 1.82) is 0 Å². The van der Waals surface area contributed by atoms with Crippen LogP contribution in [0.3, 0.4) is 0 Å². The molecule has 0 saturated carbocycles. The highest BCUT2D eigenvalue weighted by atomic mass is 32.1. The number of nitrogens with one attached hydrogen (secondary N) is 2. The summed E-state index contributed by atoms with van der Waals surface area (Å²) in [7, 11) is 0. The molecule has 156 valence electrons. The molecule has 3 heterocycles. The monoisotopic (exact) mass is 423 g/mol. The van der Waals surface area contributed by atoms with Crippen LogP contribution in [0, 0.1) is 0 Å².